The number of benzene rings is 1. The van der Waals surface area contributed by atoms with Gasteiger partial charge >= 0.3 is 0 Å². The van der Waals surface area contributed by atoms with E-state index in [9.17, 15) is 12.8 Å². The predicted octanol–water partition coefficient (Wildman–Crippen LogP) is 2.34. The summed E-state index contributed by atoms with van der Waals surface area (Å²) in [7, 11) is -3.51. The Balaban J connectivity index is 1.86. The third-order valence-electron chi connectivity index (χ3n) is 2.49. The standard InChI is InChI=1S/C13H14FN3O2S2/c14-10-1-6-13(16-9-10)17-21(18,19)8-7-20-12-4-2-11(15)3-5-12/h1-6,9H,7-8,15H2,(H,16,17). The number of thioether (sulfide) groups is 1. The maximum absolute atomic E-state index is 12.7. The molecule has 2 aromatic rings. The topological polar surface area (TPSA) is 85.1 Å². The second-order valence-corrected chi connectivity index (χ2v) is 7.21. The lowest BCUT2D eigenvalue weighted by Gasteiger charge is -2.07. The molecular weight excluding hydrogens is 313 g/mol. The predicted molar refractivity (Wildman–Crippen MR) is 83.2 cm³/mol. The molecule has 0 saturated carbocycles. The quantitative estimate of drug-likeness (QED) is 0.628. The van der Waals surface area contributed by atoms with Gasteiger partial charge in [-0.2, -0.15) is 0 Å². The summed E-state index contributed by atoms with van der Waals surface area (Å²) in [6, 6.07) is 9.62. The Hall–Kier alpha value is -1.80. The summed E-state index contributed by atoms with van der Waals surface area (Å²) in [5.41, 5.74) is 6.24. The van der Waals surface area contributed by atoms with Gasteiger partial charge in [0.05, 0.1) is 11.9 Å². The molecule has 0 bridgehead atoms. The summed E-state index contributed by atoms with van der Waals surface area (Å²) < 4.78 is 38.7. The average Bonchev–Trinajstić information content (AvgIpc) is 2.43. The molecule has 5 nitrogen and oxygen atoms in total. The van der Waals surface area contributed by atoms with E-state index in [-0.39, 0.29) is 11.6 Å². The van der Waals surface area contributed by atoms with Crippen molar-refractivity contribution in [1.29, 1.82) is 0 Å². The molecule has 0 unspecified atom stereocenters. The zero-order valence-electron chi connectivity index (χ0n) is 11.0. The third kappa shape index (κ3) is 5.24. The number of sulfonamides is 1. The number of nitrogens with two attached hydrogens (primary N) is 1. The highest BCUT2D eigenvalue weighted by Gasteiger charge is 2.11. The number of hydrogen-bond donors (Lipinski definition) is 2. The van der Waals surface area contributed by atoms with E-state index < -0.39 is 15.8 Å². The molecule has 0 aliphatic heterocycles. The van der Waals surface area contributed by atoms with Crippen LogP contribution in [0.5, 0.6) is 0 Å². The second-order valence-electron chi connectivity index (χ2n) is 4.20. The van der Waals surface area contributed by atoms with Crippen LogP contribution in [-0.4, -0.2) is 24.9 Å². The number of anilines is 2. The molecule has 8 heteroatoms. The molecule has 1 aromatic heterocycles. The Morgan fingerprint density at radius 3 is 2.52 bits per heavy atom. The average molecular weight is 327 g/mol. The third-order valence-corrected chi connectivity index (χ3v) is 5.02. The van der Waals surface area contributed by atoms with Crippen LogP contribution in [0.4, 0.5) is 15.9 Å². The molecule has 0 fully saturated rings. The van der Waals surface area contributed by atoms with Crippen LogP contribution in [0.1, 0.15) is 0 Å². The van der Waals surface area contributed by atoms with Gasteiger partial charge in [0.1, 0.15) is 11.6 Å². The molecule has 0 aliphatic carbocycles. The molecule has 21 heavy (non-hydrogen) atoms. The fourth-order valence-corrected chi connectivity index (χ4v) is 3.80. The van der Waals surface area contributed by atoms with Crippen molar-refractivity contribution < 1.29 is 12.8 Å². The monoisotopic (exact) mass is 327 g/mol. The maximum atomic E-state index is 12.7. The summed E-state index contributed by atoms with van der Waals surface area (Å²) in [6.45, 7) is 0. The summed E-state index contributed by atoms with van der Waals surface area (Å²) >= 11 is 1.41. The molecule has 0 atom stereocenters. The highest BCUT2D eigenvalue weighted by molar-refractivity contribution is 8.01. The molecule has 1 aromatic carbocycles. The number of pyridine rings is 1. The van der Waals surface area contributed by atoms with Crippen molar-refractivity contribution in [3.05, 3.63) is 48.4 Å². The van der Waals surface area contributed by atoms with Crippen LogP contribution in [-0.2, 0) is 10.0 Å². The molecular formula is C13H14FN3O2S2. The largest absolute Gasteiger partial charge is 0.399 e. The SMILES string of the molecule is Nc1ccc(SCCS(=O)(=O)Nc2ccc(F)cn2)cc1. The smallest absolute Gasteiger partial charge is 0.234 e. The van der Waals surface area contributed by atoms with Gasteiger partial charge in [-0.15, -0.1) is 11.8 Å². The molecule has 0 saturated heterocycles. The zero-order chi connectivity index (χ0) is 15.3. The van der Waals surface area contributed by atoms with Crippen molar-refractivity contribution in [2.75, 3.05) is 22.0 Å². The summed E-state index contributed by atoms with van der Waals surface area (Å²) in [6.07, 6.45) is 0.959. The van der Waals surface area contributed by atoms with Gasteiger partial charge in [0.25, 0.3) is 0 Å². The van der Waals surface area contributed by atoms with Crippen LogP contribution in [0.25, 0.3) is 0 Å². The van der Waals surface area contributed by atoms with Crippen molar-refractivity contribution in [3.8, 4) is 0 Å². The molecule has 0 amide bonds. The normalized spacial score (nSPS) is 11.3. The van der Waals surface area contributed by atoms with Gasteiger partial charge in [0, 0.05) is 16.3 Å². The minimum atomic E-state index is -3.51. The van der Waals surface area contributed by atoms with Crippen molar-refractivity contribution in [3.63, 3.8) is 0 Å². The highest BCUT2D eigenvalue weighted by atomic mass is 32.2. The van der Waals surface area contributed by atoms with E-state index in [1.807, 2.05) is 12.1 Å². The first-order chi connectivity index (χ1) is 9.94. The van der Waals surface area contributed by atoms with Crippen LogP contribution in [0.3, 0.4) is 0 Å². The number of nitrogen functional groups attached to an aromatic ring is 1. The first-order valence-corrected chi connectivity index (χ1v) is 8.69. The Morgan fingerprint density at radius 1 is 1.19 bits per heavy atom. The Labute approximate surface area is 126 Å². The Morgan fingerprint density at radius 2 is 1.90 bits per heavy atom. The van der Waals surface area contributed by atoms with Crippen molar-refractivity contribution in [2.24, 2.45) is 0 Å². The highest BCUT2D eigenvalue weighted by Crippen LogP contribution is 2.19. The number of nitrogens with one attached hydrogen (secondary N) is 1. The van der Waals surface area contributed by atoms with E-state index in [2.05, 4.69) is 9.71 Å². The lowest BCUT2D eigenvalue weighted by molar-refractivity contribution is 0.602. The van der Waals surface area contributed by atoms with Crippen molar-refractivity contribution in [1.82, 2.24) is 4.98 Å². The number of aromatic nitrogens is 1. The van der Waals surface area contributed by atoms with Crippen molar-refractivity contribution >= 4 is 33.3 Å². The van der Waals surface area contributed by atoms with E-state index in [1.54, 1.807) is 12.1 Å². The van der Waals surface area contributed by atoms with E-state index in [0.717, 1.165) is 17.2 Å². The number of nitrogens with zero attached hydrogens (tertiary/aromatic N) is 1. The van der Waals surface area contributed by atoms with Gasteiger partial charge in [-0.05, 0) is 36.4 Å². The zero-order valence-corrected chi connectivity index (χ0v) is 12.6. The molecule has 1 heterocycles. The fourth-order valence-electron chi connectivity index (χ4n) is 1.48. The summed E-state index contributed by atoms with van der Waals surface area (Å²) in [5.74, 6) is -0.0904. The van der Waals surface area contributed by atoms with Crippen LogP contribution < -0.4 is 10.5 Å². The van der Waals surface area contributed by atoms with Crippen molar-refractivity contribution in [2.45, 2.75) is 4.90 Å². The second kappa shape index (κ2) is 6.77. The van der Waals surface area contributed by atoms with Gasteiger partial charge in [0.2, 0.25) is 10.0 Å². The van der Waals surface area contributed by atoms with Crippen LogP contribution in [0, 0.1) is 5.82 Å². The molecule has 3 N–H and O–H groups in total. The van der Waals surface area contributed by atoms with E-state index in [4.69, 9.17) is 5.73 Å². The van der Waals surface area contributed by atoms with Gasteiger partial charge < -0.3 is 5.73 Å². The molecule has 0 radical (unpaired) electrons. The molecule has 0 aliphatic rings. The Bertz CT molecular complexity index is 688. The van der Waals surface area contributed by atoms with Crippen LogP contribution >= 0.6 is 11.8 Å². The lowest BCUT2D eigenvalue weighted by Crippen LogP contribution is -2.18. The lowest BCUT2D eigenvalue weighted by atomic mass is 10.3. The van der Waals surface area contributed by atoms with E-state index >= 15 is 0 Å². The number of rotatable bonds is 6. The van der Waals surface area contributed by atoms with E-state index in [1.165, 1.54) is 17.8 Å². The minimum absolute atomic E-state index is 0.0684. The first kappa shape index (κ1) is 15.6. The molecule has 2 rings (SSSR count). The minimum Gasteiger partial charge on any atom is -0.399 e. The van der Waals surface area contributed by atoms with Crippen LogP contribution in [0.15, 0.2) is 47.5 Å². The number of hydrogen-bond acceptors (Lipinski definition) is 5. The summed E-state index contributed by atoms with van der Waals surface area (Å²) in [5, 5.41) is 0. The fraction of sp³-hybridized carbons (Fsp3) is 0.154. The Kier molecular flexibility index (Phi) is 5.03. The van der Waals surface area contributed by atoms with Crippen LogP contribution in [0.2, 0.25) is 0 Å². The van der Waals surface area contributed by atoms with Gasteiger partial charge in [-0.1, -0.05) is 0 Å². The molecule has 112 valence electrons. The first-order valence-electron chi connectivity index (χ1n) is 6.05. The van der Waals surface area contributed by atoms with Gasteiger partial charge in [-0.3, -0.25) is 4.72 Å². The molecule has 0 spiro atoms. The number of halogens is 1. The van der Waals surface area contributed by atoms with Gasteiger partial charge in [-0.25, -0.2) is 17.8 Å². The summed E-state index contributed by atoms with van der Waals surface area (Å²) in [4.78, 5) is 4.60. The van der Waals surface area contributed by atoms with Gasteiger partial charge in [0.15, 0.2) is 0 Å². The maximum Gasteiger partial charge on any atom is 0.234 e. The van der Waals surface area contributed by atoms with E-state index in [0.29, 0.717) is 11.4 Å².